The predicted molar refractivity (Wildman–Crippen MR) is 312 cm³/mol. The Hall–Kier alpha value is -7.70. The van der Waals surface area contributed by atoms with Gasteiger partial charge in [-0.1, -0.05) is 154 Å². The summed E-state index contributed by atoms with van der Waals surface area (Å²) in [5.74, 6) is 1.31. The topological polar surface area (TPSA) is 71.7 Å². The Kier molecular flexibility index (Phi) is 16.1. The minimum atomic E-state index is -0.279. The first-order chi connectivity index (χ1) is 35.1. The molecule has 73 heavy (non-hydrogen) atoms. The van der Waals surface area contributed by atoms with Crippen molar-refractivity contribution in [2.75, 3.05) is 22.9 Å². The number of phenolic OH excluding ortho intramolecular Hbond substituents is 2. The first kappa shape index (κ1) is 51.6. The fourth-order valence-electron chi connectivity index (χ4n) is 9.74. The number of nitrogens with zero attached hydrogens (tertiary/aromatic N) is 4. The third kappa shape index (κ3) is 12.0. The summed E-state index contributed by atoms with van der Waals surface area (Å²) in [5, 5.41) is 23.0. The maximum absolute atomic E-state index is 11.5. The van der Waals surface area contributed by atoms with E-state index in [-0.39, 0.29) is 40.6 Å². The second kappa shape index (κ2) is 22.8. The number of aromatic hydroxyl groups is 2. The van der Waals surface area contributed by atoms with Crippen LogP contribution in [0.15, 0.2) is 192 Å². The Morgan fingerprint density at radius 1 is 0.384 bits per heavy atom. The van der Waals surface area contributed by atoms with Gasteiger partial charge in [0.15, 0.2) is 0 Å². The number of anilines is 6. The lowest BCUT2D eigenvalue weighted by atomic mass is 9.84. The molecule has 2 N–H and O–H groups in total. The van der Waals surface area contributed by atoms with E-state index < -0.39 is 0 Å². The van der Waals surface area contributed by atoms with Gasteiger partial charge < -0.3 is 20.0 Å². The van der Waals surface area contributed by atoms with Gasteiger partial charge in [0.25, 0.3) is 0 Å². The quantitative estimate of drug-likeness (QED) is 0.0841. The summed E-state index contributed by atoms with van der Waals surface area (Å²) >= 11 is 0. The normalized spacial score (nSPS) is 12.0. The summed E-state index contributed by atoms with van der Waals surface area (Å²) in [6.07, 6.45) is 3.54. The highest BCUT2D eigenvalue weighted by atomic mass is 16.3. The third-order valence-corrected chi connectivity index (χ3v) is 13.6. The van der Waals surface area contributed by atoms with Crippen LogP contribution in [0, 0.1) is 5.41 Å². The van der Waals surface area contributed by atoms with Crippen molar-refractivity contribution in [3.63, 3.8) is 0 Å². The molecule has 0 aliphatic heterocycles. The van der Waals surface area contributed by atoms with Crippen LogP contribution in [0.3, 0.4) is 0 Å². The molecule has 0 atom stereocenters. The lowest BCUT2D eigenvalue weighted by molar-refractivity contribution is 0.396. The lowest BCUT2D eigenvalue weighted by Gasteiger charge is -2.29. The molecule has 0 aliphatic rings. The van der Waals surface area contributed by atoms with E-state index in [1.54, 1.807) is 12.4 Å². The summed E-state index contributed by atoms with van der Waals surface area (Å²) < 4.78 is 0. The van der Waals surface area contributed by atoms with Crippen LogP contribution in [0.5, 0.6) is 11.5 Å². The minimum absolute atomic E-state index is 0.193. The van der Waals surface area contributed by atoms with Crippen LogP contribution in [0.2, 0.25) is 0 Å². The molecule has 6 heteroatoms. The van der Waals surface area contributed by atoms with Crippen LogP contribution in [0.25, 0.3) is 22.3 Å². The summed E-state index contributed by atoms with van der Waals surface area (Å²) in [6.45, 7) is 23.2. The zero-order valence-electron chi connectivity index (χ0n) is 44.4. The van der Waals surface area contributed by atoms with Crippen LogP contribution in [-0.4, -0.2) is 35.7 Å². The average molecular weight is 965 g/mol. The SMILES string of the molecule is CC(C)c1cc(N(c2ccccc2)c2ccccc2)cc(C(C)C)c1-c1ccc(C=NCC(C)(C)CN=Cc2ccc(-c3c(C(C)C)cc(N(c4ccccc4)c4ccccc4)cc3C(C)C)cc2O)c(O)c1. The van der Waals surface area contributed by atoms with E-state index in [2.05, 4.69) is 237 Å². The van der Waals surface area contributed by atoms with Crippen LogP contribution in [-0.2, 0) is 0 Å². The molecule has 0 aliphatic carbocycles. The molecule has 0 amide bonds. The molecule has 8 aromatic carbocycles. The summed E-state index contributed by atoms with van der Waals surface area (Å²) in [6, 6.07) is 63.3. The minimum Gasteiger partial charge on any atom is -0.507 e. The van der Waals surface area contributed by atoms with Crippen molar-refractivity contribution in [3.05, 3.63) is 215 Å². The molecular formula is C67H72N4O2. The van der Waals surface area contributed by atoms with Crippen molar-refractivity contribution in [3.8, 4) is 33.8 Å². The highest BCUT2D eigenvalue weighted by Gasteiger charge is 2.25. The number of phenols is 2. The molecule has 372 valence electrons. The van der Waals surface area contributed by atoms with Crippen LogP contribution in [0.4, 0.5) is 34.1 Å². The van der Waals surface area contributed by atoms with Crippen LogP contribution >= 0.6 is 0 Å². The Labute approximate surface area is 435 Å². The van der Waals surface area contributed by atoms with E-state index in [1.807, 2.05) is 24.3 Å². The molecular weight excluding hydrogens is 893 g/mol. The zero-order chi connectivity index (χ0) is 51.8. The van der Waals surface area contributed by atoms with E-state index in [0.717, 1.165) is 56.4 Å². The largest absolute Gasteiger partial charge is 0.507 e. The fourth-order valence-corrected chi connectivity index (χ4v) is 9.74. The van der Waals surface area contributed by atoms with Crippen molar-refractivity contribution in [2.45, 2.75) is 92.9 Å². The van der Waals surface area contributed by atoms with Crippen molar-refractivity contribution in [2.24, 2.45) is 15.4 Å². The van der Waals surface area contributed by atoms with Gasteiger partial charge in [0.2, 0.25) is 0 Å². The van der Waals surface area contributed by atoms with Gasteiger partial charge in [0.1, 0.15) is 11.5 Å². The number of benzene rings is 8. The number of para-hydroxylation sites is 4. The summed E-state index contributed by atoms with van der Waals surface area (Å²) in [7, 11) is 0. The van der Waals surface area contributed by atoms with Gasteiger partial charge in [-0.25, -0.2) is 0 Å². The molecule has 8 aromatic rings. The van der Waals surface area contributed by atoms with E-state index in [0.29, 0.717) is 24.2 Å². The Balaban J connectivity index is 0.993. The number of aliphatic imine (C=N–C) groups is 2. The summed E-state index contributed by atoms with van der Waals surface area (Å²) in [5.41, 5.74) is 16.9. The number of rotatable bonds is 18. The maximum atomic E-state index is 11.5. The second-order valence-corrected chi connectivity index (χ2v) is 21.3. The highest BCUT2D eigenvalue weighted by Crippen LogP contribution is 2.46. The molecule has 0 radical (unpaired) electrons. The fraction of sp³-hybridized carbons (Fsp3) is 0.254. The van der Waals surface area contributed by atoms with Crippen LogP contribution in [0.1, 0.15) is 126 Å². The molecule has 6 nitrogen and oxygen atoms in total. The molecule has 0 aromatic heterocycles. The first-order valence-corrected chi connectivity index (χ1v) is 25.9. The number of hydrogen-bond donors (Lipinski definition) is 2. The van der Waals surface area contributed by atoms with E-state index in [9.17, 15) is 10.2 Å². The molecule has 0 saturated carbocycles. The Morgan fingerprint density at radius 3 is 0.904 bits per heavy atom. The molecule has 0 fully saturated rings. The van der Waals surface area contributed by atoms with Gasteiger partial charge >= 0.3 is 0 Å². The molecule has 0 saturated heterocycles. The molecule has 0 spiro atoms. The Bertz CT molecular complexity index is 2820. The highest BCUT2D eigenvalue weighted by molar-refractivity contribution is 5.89. The van der Waals surface area contributed by atoms with E-state index >= 15 is 0 Å². The standard InChI is InChI=1S/C67H72N4O2/c1-45(2)59-37-57(70(53-23-15-11-16-24-53)54-25-17-12-18-26-54)38-60(46(3)4)65(59)49-31-33-51(63(72)35-49)41-68-43-67(9,10)44-69-42-52-34-32-50(36-64(52)73)66-61(47(5)6)39-58(40-62(66)48(7)8)71(55-27-19-13-20-28-55)56-29-21-14-22-30-56/h11-42,45-48,72-73H,43-44H2,1-10H3. The number of hydrogen-bond acceptors (Lipinski definition) is 6. The van der Waals surface area contributed by atoms with Gasteiger partial charge in [-0.15, -0.1) is 0 Å². The third-order valence-electron chi connectivity index (χ3n) is 13.6. The second-order valence-electron chi connectivity index (χ2n) is 21.3. The zero-order valence-corrected chi connectivity index (χ0v) is 44.4. The van der Waals surface area contributed by atoms with Crippen molar-refractivity contribution < 1.29 is 10.2 Å². The Morgan fingerprint density at radius 2 is 0.658 bits per heavy atom. The maximum Gasteiger partial charge on any atom is 0.124 e. The van der Waals surface area contributed by atoms with Crippen LogP contribution < -0.4 is 9.80 Å². The van der Waals surface area contributed by atoms with E-state index in [1.165, 1.54) is 22.3 Å². The first-order valence-electron chi connectivity index (χ1n) is 25.9. The van der Waals surface area contributed by atoms with E-state index in [4.69, 9.17) is 9.98 Å². The van der Waals surface area contributed by atoms with Gasteiger partial charge in [0.05, 0.1) is 0 Å². The molecule has 0 heterocycles. The van der Waals surface area contributed by atoms with Gasteiger partial charge in [-0.05, 0) is 165 Å². The van der Waals surface area contributed by atoms with Crippen molar-refractivity contribution in [1.29, 1.82) is 0 Å². The smallest absolute Gasteiger partial charge is 0.124 e. The molecule has 0 unspecified atom stereocenters. The summed E-state index contributed by atoms with van der Waals surface area (Å²) in [4.78, 5) is 14.3. The van der Waals surface area contributed by atoms with Crippen molar-refractivity contribution in [1.82, 2.24) is 0 Å². The molecule has 0 bridgehead atoms. The monoisotopic (exact) mass is 965 g/mol. The van der Waals surface area contributed by atoms with Gasteiger partial charge in [0, 0.05) is 76.2 Å². The van der Waals surface area contributed by atoms with Gasteiger partial charge in [-0.3, -0.25) is 9.98 Å². The molecule has 8 rings (SSSR count). The average Bonchev–Trinajstić information content (AvgIpc) is 3.38. The predicted octanol–water partition coefficient (Wildman–Crippen LogP) is 18.4. The van der Waals surface area contributed by atoms with Gasteiger partial charge in [-0.2, -0.15) is 0 Å². The lowest BCUT2D eigenvalue weighted by Crippen LogP contribution is -2.19. The van der Waals surface area contributed by atoms with Crippen molar-refractivity contribution >= 4 is 46.6 Å².